The van der Waals surface area contributed by atoms with E-state index in [0.717, 1.165) is 11.3 Å². The number of halogens is 2. The van der Waals surface area contributed by atoms with Gasteiger partial charge < -0.3 is 4.90 Å². The SMILES string of the molecule is CC1=NN(c2cc(Cl)ccc2Cl)C(=O)C1=Cc1ccc(N(C)C)cc1. The number of benzene rings is 2. The molecular formula is C19H17Cl2N3O. The van der Waals surface area contributed by atoms with Gasteiger partial charge in [-0.25, -0.2) is 0 Å². The molecule has 2 aromatic rings. The molecule has 3 rings (SSSR count). The van der Waals surface area contributed by atoms with E-state index in [1.807, 2.05) is 49.3 Å². The number of amides is 1. The van der Waals surface area contributed by atoms with Crippen molar-refractivity contribution < 1.29 is 4.79 Å². The Labute approximate surface area is 157 Å². The molecule has 0 saturated heterocycles. The number of hydrogen-bond donors (Lipinski definition) is 0. The van der Waals surface area contributed by atoms with E-state index in [2.05, 4.69) is 5.10 Å². The fraction of sp³-hybridized carbons (Fsp3) is 0.158. The van der Waals surface area contributed by atoms with Gasteiger partial charge in [0, 0.05) is 24.8 Å². The summed E-state index contributed by atoms with van der Waals surface area (Å²) in [6.07, 6.45) is 1.83. The molecule has 0 saturated carbocycles. The molecule has 0 atom stereocenters. The summed E-state index contributed by atoms with van der Waals surface area (Å²) in [5.41, 5.74) is 3.68. The summed E-state index contributed by atoms with van der Waals surface area (Å²) in [5.74, 6) is -0.224. The highest BCUT2D eigenvalue weighted by Crippen LogP contribution is 2.33. The van der Waals surface area contributed by atoms with Gasteiger partial charge in [0.15, 0.2) is 0 Å². The number of carbonyl (C=O) groups is 1. The van der Waals surface area contributed by atoms with Gasteiger partial charge in [-0.3, -0.25) is 4.79 Å². The average Bonchev–Trinajstić information content (AvgIpc) is 2.85. The zero-order valence-electron chi connectivity index (χ0n) is 14.1. The Bertz CT molecular complexity index is 886. The van der Waals surface area contributed by atoms with Crippen LogP contribution in [-0.4, -0.2) is 25.7 Å². The van der Waals surface area contributed by atoms with Crippen LogP contribution in [0.25, 0.3) is 6.08 Å². The first-order chi connectivity index (χ1) is 11.9. The lowest BCUT2D eigenvalue weighted by Crippen LogP contribution is -2.21. The summed E-state index contributed by atoms with van der Waals surface area (Å²) in [6, 6.07) is 12.9. The van der Waals surface area contributed by atoms with Crippen LogP contribution in [0.1, 0.15) is 12.5 Å². The van der Waals surface area contributed by atoms with Crippen LogP contribution >= 0.6 is 23.2 Å². The second kappa shape index (κ2) is 6.90. The molecule has 0 unspecified atom stereocenters. The quantitative estimate of drug-likeness (QED) is 0.719. The Morgan fingerprint density at radius 3 is 2.40 bits per heavy atom. The Hall–Kier alpha value is -2.30. The van der Waals surface area contributed by atoms with Crippen molar-refractivity contribution in [3.8, 4) is 0 Å². The minimum Gasteiger partial charge on any atom is -0.378 e. The first kappa shape index (κ1) is 17.5. The van der Waals surface area contributed by atoms with E-state index in [1.165, 1.54) is 5.01 Å². The molecule has 1 aliphatic rings. The van der Waals surface area contributed by atoms with E-state index in [-0.39, 0.29) is 5.91 Å². The molecule has 25 heavy (non-hydrogen) atoms. The number of hydrogen-bond acceptors (Lipinski definition) is 3. The number of hydrazone groups is 1. The van der Waals surface area contributed by atoms with Crippen LogP contribution in [0.3, 0.4) is 0 Å². The Morgan fingerprint density at radius 1 is 1.08 bits per heavy atom. The molecule has 0 radical (unpaired) electrons. The predicted molar refractivity (Wildman–Crippen MR) is 106 cm³/mol. The molecular weight excluding hydrogens is 357 g/mol. The van der Waals surface area contributed by atoms with Crippen LogP contribution in [0.4, 0.5) is 11.4 Å². The topological polar surface area (TPSA) is 35.9 Å². The van der Waals surface area contributed by atoms with Crippen LogP contribution in [0, 0.1) is 0 Å². The van der Waals surface area contributed by atoms with Gasteiger partial charge in [0.25, 0.3) is 5.91 Å². The second-order valence-electron chi connectivity index (χ2n) is 5.94. The van der Waals surface area contributed by atoms with Crippen molar-refractivity contribution in [1.82, 2.24) is 0 Å². The Kier molecular flexibility index (Phi) is 4.84. The molecule has 2 aromatic carbocycles. The molecule has 4 nitrogen and oxygen atoms in total. The van der Waals surface area contributed by atoms with Gasteiger partial charge in [0.2, 0.25) is 0 Å². The van der Waals surface area contributed by atoms with Crippen LogP contribution < -0.4 is 9.91 Å². The smallest absolute Gasteiger partial charge is 0.280 e. The number of carbonyl (C=O) groups excluding carboxylic acids is 1. The summed E-state index contributed by atoms with van der Waals surface area (Å²) in [7, 11) is 3.97. The van der Waals surface area contributed by atoms with Gasteiger partial charge in [-0.2, -0.15) is 10.1 Å². The summed E-state index contributed by atoms with van der Waals surface area (Å²) in [5, 5.41) is 6.56. The van der Waals surface area contributed by atoms with E-state index >= 15 is 0 Å². The van der Waals surface area contributed by atoms with Crippen molar-refractivity contribution in [2.24, 2.45) is 5.10 Å². The van der Waals surface area contributed by atoms with Crippen LogP contribution in [0.5, 0.6) is 0 Å². The monoisotopic (exact) mass is 373 g/mol. The zero-order valence-corrected chi connectivity index (χ0v) is 15.6. The average molecular weight is 374 g/mol. The van der Waals surface area contributed by atoms with Crippen molar-refractivity contribution in [2.45, 2.75) is 6.92 Å². The van der Waals surface area contributed by atoms with Crippen LogP contribution in [0.2, 0.25) is 10.0 Å². The molecule has 0 N–H and O–H groups in total. The van der Waals surface area contributed by atoms with E-state index in [9.17, 15) is 4.79 Å². The van der Waals surface area contributed by atoms with E-state index in [1.54, 1.807) is 25.1 Å². The number of rotatable bonds is 3. The summed E-state index contributed by atoms with van der Waals surface area (Å²) >= 11 is 12.2. The summed E-state index contributed by atoms with van der Waals surface area (Å²) in [6.45, 7) is 1.80. The van der Waals surface area contributed by atoms with Crippen molar-refractivity contribution in [1.29, 1.82) is 0 Å². The fourth-order valence-corrected chi connectivity index (χ4v) is 2.90. The van der Waals surface area contributed by atoms with Gasteiger partial charge in [-0.1, -0.05) is 35.3 Å². The minimum atomic E-state index is -0.224. The van der Waals surface area contributed by atoms with Gasteiger partial charge in [-0.05, 0) is 48.9 Å². The normalized spacial score (nSPS) is 15.7. The van der Waals surface area contributed by atoms with Crippen LogP contribution in [-0.2, 0) is 4.79 Å². The Morgan fingerprint density at radius 2 is 1.76 bits per heavy atom. The molecule has 0 bridgehead atoms. The second-order valence-corrected chi connectivity index (χ2v) is 6.79. The van der Waals surface area contributed by atoms with Crippen molar-refractivity contribution in [3.05, 3.63) is 63.6 Å². The highest BCUT2D eigenvalue weighted by Gasteiger charge is 2.30. The van der Waals surface area contributed by atoms with E-state index in [0.29, 0.717) is 27.0 Å². The maximum Gasteiger partial charge on any atom is 0.280 e. The summed E-state index contributed by atoms with van der Waals surface area (Å²) < 4.78 is 0. The standard InChI is InChI=1S/C19H17Cl2N3O/c1-12-16(10-13-4-7-15(8-5-13)23(2)3)19(25)24(22-12)18-11-14(20)6-9-17(18)21/h4-11H,1-3H3. The molecule has 128 valence electrons. The fourth-order valence-electron chi connectivity index (χ4n) is 2.53. The molecule has 1 heterocycles. The van der Waals surface area contributed by atoms with Gasteiger partial charge in [-0.15, -0.1) is 0 Å². The highest BCUT2D eigenvalue weighted by atomic mass is 35.5. The largest absolute Gasteiger partial charge is 0.378 e. The number of nitrogens with zero attached hydrogens (tertiary/aromatic N) is 3. The van der Waals surface area contributed by atoms with Crippen LogP contribution in [0.15, 0.2) is 53.1 Å². The lowest BCUT2D eigenvalue weighted by atomic mass is 10.1. The predicted octanol–water partition coefficient (Wildman–Crippen LogP) is 4.87. The van der Waals surface area contributed by atoms with Gasteiger partial charge >= 0.3 is 0 Å². The molecule has 0 fully saturated rings. The molecule has 0 spiro atoms. The molecule has 0 aromatic heterocycles. The molecule has 1 aliphatic heterocycles. The van der Waals surface area contributed by atoms with E-state index in [4.69, 9.17) is 23.2 Å². The first-order valence-corrected chi connectivity index (χ1v) is 8.46. The number of anilines is 2. The molecule has 6 heteroatoms. The maximum atomic E-state index is 12.8. The third-order valence-electron chi connectivity index (χ3n) is 3.92. The highest BCUT2D eigenvalue weighted by molar-refractivity contribution is 6.38. The zero-order chi connectivity index (χ0) is 18.1. The lowest BCUT2D eigenvalue weighted by Gasteiger charge is -2.14. The van der Waals surface area contributed by atoms with Gasteiger partial charge in [0.1, 0.15) is 0 Å². The van der Waals surface area contributed by atoms with Crippen molar-refractivity contribution in [3.63, 3.8) is 0 Å². The third kappa shape index (κ3) is 3.55. The Balaban J connectivity index is 1.93. The minimum absolute atomic E-state index is 0.224. The van der Waals surface area contributed by atoms with Crippen molar-refractivity contribution >= 4 is 52.3 Å². The lowest BCUT2D eigenvalue weighted by molar-refractivity contribution is -0.114. The van der Waals surface area contributed by atoms with Crippen molar-refractivity contribution in [2.75, 3.05) is 24.0 Å². The maximum absolute atomic E-state index is 12.8. The molecule has 0 aliphatic carbocycles. The first-order valence-electron chi connectivity index (χ1n) is 7.71. The third-order valence-corrected chi connectivity index (χ3v) is 4.47. The summed E-state index contributed by atoms with van der Waals surface area (Å²) in [4.78, 5) is 14.8. The van der Waals surface area contributed by atoms with E-state index < -0.39 is 0 Å². The van der Waals surface area contributed by atoms with Gasteiger partial charge in [0.05, 0.1) is 22.0 Å². The molecule has 1 amide bonds.